The molecule has 1 unspecified atom stereocenters. The lowest BCUT2D eigenvalue weighted by Gasteiger charge is -2.49. The van der Waals surface area contributed by atoms with Crippen LogP contribution in [0.15, 0.2) is 0 Å². The smallest absolute Gasteiger partial charge is 0.232 e. The van der Waals surface area contributed by atoms with Crippen molar-refractivity contribution in [2.45, 2.75) is 135 Å². The van der Waals surface area contributed by atoms with Gasteiger partial charge in [-0.15, -0.1) is 0 Å². The minimum atomic E-state index is 0.0605. The van der Waals surface area contributed by atoms with Crippen LogP contribution in [0, 0.1) is 0 Å². The van der Waals surface area contributed by atoms with Crippen LogP contribution in [0.4, 0.5) is 17.8 Å². The zero-order valence-corrected chi connectivity index (χ0v) is 25.6. The molecule has 2 fully saturated rings. The van der Waals surface area contributed by atoms with Gasteiger partial charge in [0.15, 0.2) is 0 Å². The van der Waals surface area contributed by atoms with E-state index in [9.17, 15) is 0 Å². The molecule has 212 valence electrons. The summed E-state index contributed by atoms with van der Waals surface area (Å²) < 4.78 is 0. The number of hydrogen-bond donors (Lipinski definition) is 2. The summed E-state index contributed by atoms with van der Waals surface area (Å²) in [4.78, 5) is 22.4. The molecular weight excluding hydrogens is 460 g/mol. The van der Waals surface area contributed by atoms with Gasteiger partial charge in [0.2, 0.25) is 17.8 Å². The fraction of sp³-hybridized carbons (Fsp3) is 0.897. The van der Waals surface area contributed by atoms with Crippen LogP contribution >= 0.6 is 0 Å². The van der Waals surface area contributed by atoms with Crippen molar-refractivity contribution in [3.8, 4) is 0 Å². The molecule has 2 N–H and O–H groups in total. The third kappa shape index (κ3) is 8.16. The monoisotopic (exact) mass is 516 g/mol. The molecule has 8 heteroatoms. The number of anilines is 3. The Morgan fingerprint density at radius 3 is 1.62 bits per heavy atom. The van der Waals surface area contributed by atoms with Crippen LogP contribution in [0.1, 0.15) is 107 Å². The first-order chi connectivity index (χ1) is 17.3. The van der Waals surface area contributed by atoms with Crippen LogP contribution in [-0.2, 0) is 0 Å². The average Bonchev–Trinajstić information content (AvgIpc) is 2.77. The van der Waals surface area contributed by atoms with Crippen molar-refractivity contribution in [3.63, 3.8) is 0 Å². The van der Waals surface area contributed by atoms with E-state index in [0.717, 1.165) is 88.8 Å². The minimum absolute atomic E-state index is 0.0605. The van der Waals surface area contributed by atoms with Crippen LogP contribution in [0.3, 0.4) is 0 Å². The quantitative estimate of drug-likeness (QED) is 0.426. The summed E-state index contributed by atoms with van der Waals surface area (Å²) in [5.41, 5.74) is 0.239. The molecule has 0 radical (unpaired) electrons. The molecule has 1 atom stereocenters. The number of rotatable bonds is 11. The lowest BCUT2D eigenvalue weighted by Crippen LogP contribution is -2.62. The first-order valence-corrected chi connectivity index (χ1v) is 14.8. The number of unbranched alkanes of at least 4 members (excludes halogenated alkanes) is 2. The molecule has 2 aliphatic rings. The van der Waals surface area contributed by atoms with Crippen LogP contribution in [0.2, 0.25) is 0 Å². The van der Waals surface area contributed by atoms with E-state index >= 15 is 0 Å². The molecule has 1 aromatic heterocycles. The van der Waals surface area contributed by atoms with Gasteiger partial charge in [-0.25, -0.2) is 0 Å². The second-order valence-corrected chi connectivity index (χ2v) is 13.6. The van der Waals surface area contributed by atoms with Crippen molar-refractivity contribution in [3.05, 3.63) is 0 Å². The van der Waals surface area contributed by atoms with Crippen molar-refractivity contribution < 1.29 is 0 Å². The molecule has 0 aliphatic carbocycles. The summed E-state index contributed by atoms with van der Waals surface area (Å²) in [6, 6.07) is 0.805. The summed E-state index contributed by atoms with van der Waals surface area (Å²) in [5, 5.41) is 7.54. The van der Waals surface area contributed by atoms with Crippen molar-refractivity contribution in [2.75, 3.05) is 48.4 Å². The zero-order valence-electron chi connectivity index (χ0n) is 25.6. The highest BCUT2D eigenvalue weighted by atomic mass is 15.4. The third-order valence-electron chi connectivity index (χ3n) is 7.90. The van der Waals surface area contributed by atoms with Crippen molar-refractivity contribution in [2.24, 2.45) is 0 Å². The number of nitrogens with one attached hydrogen (secondary N) is 2. The Labute approximate surface area is 227 Å². The van der Waals surface area contributed by atoms with Gasteiger partial charge < -0.3 is 25.3 Å². The standard InChI is InChI=1S/C29H56N8/c1-11-13-17-36(22-15-16-30-27(3,4)19-22)25-31-24(35(9)10)32-26(33-25)37(18-14-12-2)23-20-28(5,6)34-29(7,8)21-23/h22-23,30,34H,11-21H2,1-10H3. The lowest BCUT2D eigenvalue weighted by atomic mass is 9.79. The van der Waals surface area contributed by atoms with E-state index in [0.29, 0.717) is 12.1 Å². The van der Waals surface area contributed by atoms with E-state index in [1.165, 1.54) is 0 Å². The van der Waals surface area contributed by atoms with Crippen LogP contribution in [0.5, 0.6) is 0 Å². The molecule has 2 aliphatic heterocycles. The maximum atomic E-state index is 5.28. The third-order valence-corrected chi connectivity index (χ3v) is 7.90. The zero-order chi connectivity index (χ0) is 27.4. The molecule has 0 saturated carbocycles. The minimum Gasteiger partial charge on any atom is -0.347 e. The summed E-state index contributed by atoms with van der Waals surface area (Å²) in [5.74, 6) is 2.44. The SMILES string of the molecule is CCCCN(c1nc(N(C)C)nc(N(CCCC)C2CC(C)(C)NC(C)(C)C2)n1)C1CCNC(C)(C)C1. The van der Waals surface area contributed by atoms with E-state index < -0.39 is 0 Å². The van der Waals surface area contributed by atoms with Crippen LogP contribution in [0.25, 0.3) is 0 Å². The fourth-order valence-electron chi connectivity index (χ4n) is 6.44. The first kappa shape index (κ1) is 29.9. The Kier molecular flexibility index (Phi) is 9.71. The van der Waals surface area contributed by atoms with E-state index in [1.54, 1.807) is 0 Å². The van der Waals surface area contributed by atoms with Gasteiger partial charge >= 0.3 is 0 Å². The first-order valence-electron chi connectivity index (χ1n) is 14.8. The van der Waals surface area contributed by atoms with Gasteiger partial charge in [0.25, 0.3) is 0 Å². The molecule has 2 saturated heterocycles. The van der Waals surface area contributed by atoms with Crippen molar-refractivity contribution >= 4 is 17.8 Å². The molecule has 3 heterocycles. The summed E-state index contributed by atoms with van der Waals surface area (Å²) in [6.07, 6.45) is 8.92. The number of nitrogens with zero attached hydrogens (tertiary/aromatic N) is 6. The number of piperidine rings is 2. The predicted octanol–water partition coefficient (Wildman–Crippen LogP) is 4.99. The fourth-order valence-corrected chi connectivity index (χ4v) is 6.44. The van der Waals surface area contributed by atoms with Gasteiger partial charge in [0, 0.05) is 55.9 Å². The molecule has 0 bridgehead atoms. The summed E-state index contributed by atoms with van der Waals surface area (Å²) >= 11 is 0. The molecular formula is C29H56N8. The second kappa shape index (κ2) is 12.0. The predicted molar refractivity (Wildman–Crippen MR) is 158 cm³/mol. The van der Waals surface area contributed by atoms with Gasteiger partial charge in [0.1, 0.15) is 0 Å². The maximum absolute atomic E-state index is 5.28. The van der Waals surface area contributed by atoms with Crippen LogP contribution in [-0.4, -0.2) is 77.4 Å². The Bertz CT molecular complexity index is 849. The maximum Gasteiger partial charge on any atom is 0.232 e. The van der Waals surface area contributed by atoms with E-state index in [-0.39, 0.29) is 16.6 Å². The highest BCUT2D eigenvalue weighted by Gasteiger charge is 2.41. The molecule has 0 amide bonds. The molecule has 1 aromatic rings. The second-order valence-electron chi connectivity index (χ2n) is 13.6. The Hall–Kier alpha value is -1.67. The van der Waals surface area contributed by atoms with E-state index in [2.05, 4.69) is 75.8 Å². The highest BCUT2D eigenvalue weighted by Crippen LogP contribution is 2.34. The molecule has 37 heavy (non-hydrogen) atoms. The van der Waals surface area contributed by atoms with Gasteiger partial charge in [-0.1, -0.05) is 26.7 Å². The van der Waals surface area contributed by atoms with Crippen molar-refractivity contribution in [1.82, 2.24) is 25.6 Å². The Morgan fingerprint density at radius 1 is 0.703 bits per heavy atom. The topological polar surface area (TPSA) is 72.5 Å². The Morgan fingerprint density at radius 2 is 1.16 bits per heavy atom. The number of aromatic nitrogens is 3. The van der Waals surface area contributed by atoms with E-state index in [1.807, 2.05) is 19.0 Å². The number of hydrogen-bond acceptors (Lipinski definition) is 8. The lowest BCUT2D eigenvalue weighted by molar-refractivity contribution is 0.157. The Balaban J connectivity index is 2.06. The average molecular weight is 517 g/mol. The molecule has 0 aromatic carbocycles. The normalized spacial score (nSPS) is 23.0. The van der Waals surface area contributed by atoms with Gasteiger partial charge in [0.05, 0.1) is 0 Å². The van der Waals surface area contributed by atoms with Crippen molar-refractivity contribution in [1.29, 1.82) is 0 Å². The van der Waals surface area contributed by atoms with Crippen LogP contribution < -0.4 is 25.3 Å². The summed E-state index contributed by atoms with van der Waals surface area (Å²) in [7, 11) is 4.08. The van der Waals surface area contributed by atoms with Gasteiger partial charge in [-0.05, 0) is 86.6 Å². The molecule has 8 nitrogen and oxygen atoms in total. The molecule has 0 spiro atoms. The molecule has 3 rings (SSSR count). The summed E-state index contributed by atoms with van der Waals surface area (Å²) in [6.45, 7) is 21.5. The van der Waals surface area contributed by atoms with E-state index in [4.69, 9.17) is 15.0 Å². The van der Waals surface area contributed by atoms with Gasteiger partial charge in [-0.2, -0.15) is 15.0 Å². The highest BCUT2D eigenvalue weighted by molar-refractivity contribution is 5.47. The van der Waals surface area contributed by atoms with Gasteiger partial charge in [-0.3, -0.25) is 0 Å². The largest absolute Gasteiger partial charge is 0.347 e.